The van der Waals surface area contributed by atoms with Gasteiger partial charge in [-0.25, -0.2) is 0 Å². The molecule has 43 heavy (non-hydrogen) atoms. The minimum Gasteiger partial charge on any atom is -0.465 e. The van der Waals surface area contributed by atoms with Crippen LogP contribution < -0.4 is 9.47 Å². The fraction of sp³-hybridized carbons (Fsp3) is 0.676. The third-order valence-electron chi connectivity index (χ3n) is 8.63. The molecule has 0 bridgehead atoms. The molecule has 2 aliphatic heterocycles. The average molecular weight is 597 g/mol. The third kappa shape index (κ3) is 8.54. The molecule has 2 aromatic carbocycles. The van der Waals surface area contributed by atoms with E-state index in [0.29, 0.717) is 13.2 Å². The molecule has 0 amide bonds. The molecule has 6 heteroatoms. The summed E-state index contributed by atoms with van der Waals surface area (Å²) in [7, 11) is 0. The molecule has 6 nitrogen and oxygen atoms in total. The van der Waals surface area contributed by atoms with Crippen molar-refractivity contribution < 1.29 is 28.4 Å². The van der Waals surface area contributed by atoms with Gasteiger partial charge >= 0.3 is 0 Å². The Bertz CT molecular complexity index is 1070. The largest absolute Gasteiger partial charge is 0.465 e. The number of epoxide rings is 2. The van der Waals surface area contributed by atoms with Gasteiger partial charge in [-0.15, -0.1) is 0 Å². The van der Waals surface area contributed by atoms with Crippen molar-refractivity contribution in [3.63, 3.8) is 0 Å². The van der Waals surface area contributed by atoms with E-state index in [2.05, 4.69) is 93.5 Å². The van der Waals surface area contributed by atoms with Crippen molar-refractivity contribution in [3.8, 4) is 11.5 Å². The molecule has 2 fully saturated rings. The predicted octanol–water partition coefficient (Wildman–Crippen LogP) is 8.79. The SMILES string of the molecule is CC(OCC1CO1)Oc1c(C(C)C)cc(C(C)(C)c2cc(C(C)C)c(OC(C)OCC3CO3)c(C(C)C)c2)cc1C(C)C. The highest BCUT2D eigenvalue weighted by Crippen LogP contribution is 2.45. The fourth-order valence-electron chi connectivity index (χ4n) is 5.44. The van der Waals surface area contributed by atoms with Gasteiger partial charge in [-0.2, -0.15) is 0 Å². The van der Waals surface area contributed by atoms with Crippen molar-refractivity contribution in [1.82, 2.24) is 0 Å². The number of hydrogen-bond acceptors (Lipinski definition) is 6. The summed E-state index contributed by atoms with van der Waals surface area (Å²) in [5.74, 6) is 3.06. The van der Waals surface area contributed by atoms with Gasteiger partial charge in [0.2, 0.25) is 0 Å². The van der Waals surface area contributed by atoms with E-state index in [9.17, 15) is 0 Å². The standard InChI is InChI=1S/C37H56O6/c1-21(2)31-13-27(14-32(22(3)4)35(31)42-25(9)38-17-29-19-40-29)37(11,12)28-15-33(23(5)6)36(34(16-28)24(7)8)43-26(10)39-18-30-20-41-30/h13-16,21-26,29-30H,17-20H2,1-12H3. The first-order valence-corrected chi connectivity index (χ1v) is 16.3. The average Bonchev–Trinajstić information content (AvgIpc) is 3.85. The first-order valence-electron chi connectivity index (χ1n) is 16.3. The topological polar surface area (TPSA) is 62.0 Å². The lowest BCUT2D eigenvalue weighted by atomic mass is 9.73. The zero-order valence-corrected chi connectivity index (χ0v) is 28.7. The van der Waals surface area contributed by atoms with Crippen molar-refractivity contribution in [2.45, 2.75) is 137 Å². The van der Waals surface area contributed by atoms with Gasteiger partial charge < -0.3 is 28.4 Å². The summed E-state index contributed by atoms with van der Waals surface area (Å²) in [6, 6.07) is 9.42. The normalized spacial score (nSPS) is 19.8. The van der Waals surface area contributed by atoms with Crippen LogP contribution in [-0.4, -0.2) is 51.2 Å². The lowest BCUT2D eigenvalue weighted by Gasteiger charge is -2.33. The Morgan fingerprint density at radius 1 is 0.581 bits per heavy atom. The molecule has 4 atom stereocenters. The number of ether oxygens (including phenoxy) is 6. The molecule has 0 saturated carbocycles. The maximum Gasteiger partial charge on any atom is 0.197 e. The summed E-state index contributed by atoms with van der Waals surface area (Å²) in [5, 5.41) is 0. The Kier molecular flexibility index (Phi) is 10.9. The van der Waals surface area contributed by atoms with Crippen LogP contribution >= 0.6 is 0 Å². The van der Waals surface area contributed by atoms with Crippen molar-refractivity contribution in [1.29, 1.82) is 0 Å². The van der Waals surface area contributed by atoms with Crippen molar-refractivity contribution in [2.24, 2.45) is 0 Å². The van der Waals surface area contributed by atoms with Crippen molar-refractivity contribution in [2.75, 3.05) is 26.4 Å². The minimum atomic E-state index is -0.351. The second-order valence-electron chi connectivity index (χ2n) is 14.2. The predicted molar refractivity (Wildman–Crippen MR) is 173 cm³/mol. The Morgan fingerprint density at radius 2 is 0.860 bits per heavy atom. The van der Waals surface area contributed by atoms with Crippen LogP contribution in [0.25, 0.3) is 0 Å². The Labute approximate surface area is 260 Å². The van der Waals surface area contributed by atoms with Crippen LogP contribution in [0.5, 0.6) is 11.5 Å². The van der Waals surface area contributed by atoms with Crippen LogP contribution in [0.4, 0.5) is 0 Å². The fourth-order valence-corrected chi connectivity index (χ4v) is 5.44. The molecule has 4 unspecified atom stereocenters. The van der Waals surface area contributed by atoms with Gasteiger partial charge in [0.25, 0.3) is 0 Å². The number of benzene rings is 2. The summed E-state index contributed by atoms with van der Waals surface area (Å²) in [4.78, 5) is 0. The van der Waals surface area contributed by atoms with Gasteiger partial charge in [0.1, 0.15) is 23.7 Å². The molecule has 2 aliphatic rings. The zero-order chi connectivity index (χ0) is 31.6. The molecule has 0 N–H and O–H groups in total. The van der Waals surface area contributed by atoms with E-state index in [1.165, 1.54) is 33.4 Å². The van der Waals surface area contributed by atoms with E-state index in [4.69, 9.17) is 28.4 Å². The van der Waals surface area contributed by atoms with Crippen molar-refractivity contribution in [3.05, 3.63) is 57.6 Å². The Balaban J connectivity index is 1.74. The van der Waals surface area contributed by atoms with Crippen LogP contribution in [0, 0.1) is 0 Å². The summed E-state index contributed by atoms with van der Waals surface area (Å²) < 4.78 is 35.6. The molecule has 0 spiro atoms. The first-order chi connectivity index (χ1) is 20.2. The summed E-state index contributed by atoms with van der Waals surface area (Å²) in [5.41, 5.74) is 7.17. The molecular formula is C37H56O6. The van der Waals surface area contributed by atoms with Crippen LogP contribution in [0.3, 0.4) is 0 Å². The van der Waals surface area contributed by atoms with E-state index in [-0.39, 0.29) is 53.9 Å². The second-order valence-corrected chi connectivity index (χ2v) is 14.2. The summed E-state index contributed by atoms with van der Waals surface area (Å²) >= 11 is 0. The van der Waals surface area contributed by atoms with E-state index in [1.54, 1.807) is 0 Å². The number of rotatable bonds is 16. The highest BCUT2D eigenvalue weighted by atomic mass is 16.7. The highest BCUT2D eigenvalue weighted by Gasteiger charge is 2.32. The summed E-state index contributed by atoms with van der Waals surface area (Å²) in [6.45, 7) is 29.2. The van der Waals surface area contributed by atoms with Crippen LogP contribution in [-0.2, 0) is 24.4 Å². The Hall–Kier alpha value is -2.12. The second kappa shape index (κ2) is 13.9. The monoisotopic (exact) mass is 596 g/mol. The molecular weight excluding hydrogens is 540 g/mol. The molecule has 2 aromatic rings. The number of hydrogen-bond donors (Lipinski definition) is 0. The van der Waals surface area contributed by atoms with E-state index >= 15 is 0 Å². The van der Waals surface area contributed by atoms with Crippen LogP contribution in [0.1, 0.15) is 140 Å². The maximum absolute atomic E-state index is 6.53. The van der Waals surface area contributed by atoms with Crippen LogP contribution in [0.15, 0.2) is 24.3 Å². The first kappa shape index (κ1) is 33.8. The molecule has 0 aliphatic carbocycles. The van der Waals surface area contributed by atoms with Gasteiger partial charge in [-0.05, 0) is 70.9 Å². The highest BCUT2D eigenvalue weighted by molar-refractivity contribution is 5.55. The molecule has 2 saturated heterocycles. The molecule has 4 rings (SSSR count). The lowest BCUT2D eigenvalue weighted by Crippen LogP contribution is -2.24. The zero-order valence-electron chi connectivity index (χ0n) is 28.7. The quantitative estimate of drug-likeness (QED) is 0.143. The third-order valence-corrected chi connectivity index (χ3v) is 8.63. The van der Waals surface area contributed by atoms with Gasteiger partial charge in [-0.3, -0.25) is 0 Å². The molecule has 240 valence electrons. The molecule has 2 heterocycles. The van der Waals surface area contributed by atoms with E-state index in [0.717, 1.165) is 24.7 Å². The van der Waals surface area contributed by atoms with Gasteiger partial charge in [-0.1, -0.05) is 93.5 Å². The van der Waals surface area contributed by atoms with E-state index < -0.39 is 0 Å². The molecule has 0 aromatic heterocycles. The smallest absolute Gasteiger partial charge is 0.197 e. The van der Waals surface area contributed by atoms with Crippen molar-refractivity contribution >= 4 is 0 Å². The lowest BCUT2D eigenvalue weighted by molar-refractivity contribution is -0.0721. The Morgan fingerprint density at radius 3 is 1.09 bits per heavy atom. The minimum absolute atomic E-state index is 0.208. The van der Waals surface area contributed by atoms with Gasteiger partial charge in [0.15, 0.2) is 12.6 Å². The van der Waals surface area contributed by atoms with Gasteiger partial charge in [0.05, 0.1) is 26.4 Å². The molecule has 0 radical (unpaired) electrons. The van der Waals surface area contributed by atoms with Gasteiger partial charge in [0, 0.05) is 5.41 Å². The maximum atomic E-state index is 6.53. The summed E-state index contributed by atoms with van der Waals surface area (Å²) in [6.07, 6.45) is -0.286. The van der Waals surface area contributed by atoms with Crippen LogP contribution in [0.2, 0.25) is 0 Å². The van der Waals surface area contributed by atoms with E-state index in [1.807, 2.05) is 13.8 Å².